The largest absolute Gasteiger partial charge is 0.494 e. The lowest BCUT2D eigenvalue weighted by Gasteiger charge is -2.13. The fourth-order valence-electron chi connectivity index (χ4n) is 3.28. The third kappa shape index (κ3) is 4.55. The Morgan fingerprint density at radius 3 is 2.76 bits per heavy atom. The van der Waals surface area contributed by atoms with Crippen molar-refractivity contribution in [3.63, 3.8) is 0 Å². The number of aromatic nitrogens is 3. The molecule has 2 aromatic carbocycles. The fraction of sp³-hybridized carbons (Fsp3) is 0.130. The van der Waals surface area contributed by atoms with Crippen LogP contribution < -0.4 is 14.8 Å². The summed E-state index contributed by atoms with van der Waals surface area (Å²) in [5.74, 6) is 1.000. The molecule has 4 aromatic rings. The third-order valence-corrected chi connectivity index (χ3v) is 5.36. The SMILES string of the molecule is COc1cccc2c(C)cc(-n3ncc(C#N)c3NC(=O)COc3ccc(Cl)cc3Cl)nc12. The van der Waals surface area contributed by atoms with Gasteiger partial charge in [0.15, 0.2) is 18.2 Å². The lowest BCUT2D eigenvalue weighted by atomic mass is 10.1. The molecule has 0 aliphatic heterocycles. The molecule has 0 aliphatic carbocycles. The van der Waals surface area contributed by atoms with Crippen molar-refractivity contribution in [3.8, 4) is 23.4 Å². The number of anilines is 1. The van der Waals surface area contributed by atoms with Crippen LogP contribution in [0.3, 0.4) is 0 Å². The number of para-hydroxylation sites is 1. The maximum atomic E-state index is 12.6. The van der Waals surface area contributed by atoms with Crippen LogP contribution in [0.2, 0.25) is 10.0 Å². The number of methoxy groups -OCH3 is 1. The van der Waals surface area contributed by atoms with Gasteiger partial charge in [-0.25, -0.2) is 4.98 Å². The van der Waals surface area contributed by atoms with E-state index in [1.165, 1.54) is 16.9 Å². The van der Waals surface area contributed by atoms with Gasteiger partial charge in [0.1, 0.15) is 28.6 Å². The summed E-state index contributed by atoms with van der Waals surface area (Å²) >= 11 is 12.0. The van der Waals surface area contributed by atoms with E-state index in [1.807, 2.05) is 37.3 Å². The van der Waals surface area contributed by atoms with Crippen LogP contribution in [0.5, 0.6) is 11.5 Å². The number of pyridine rings is 1. The topological polar surface area (TPSA) is 102 Å². The summed E-state index contributed by atoms with van der Waals surface area (Å²) in [5.41, 5.74) is 1.75. The van der Waals surface area contributed by atoms with Crippen LogP contribution >= 0.6 is 23.2 Å². The summed E-state index contributed by atoms with van der Waals surface area (Å²) in [4.78, 5) is 17.3. The van der Waals surface area contributed by atoms with Crippen LogP contribution in [0.15, 0.2) is 48.7 Å². The summed E-state index contributed by atoms with van der Waals surface area (Å²) in [6.45, 7) is 1.60. The maximum Gasteiger partial charge on any atom is 0.263 e. The number of carbonyl (C=O) groups is 1. The summed E-state index contributed by atoms with van der Waals surface area (Å²) in [5, 5.41) is 18.1. The van der Waals surface area contributed by atoms with Gasteiger partial charge in [-0.05, 0) is 42.8 Å². The monoisotopic (exact) mass is 481 g/mol. The number of amides is 1. The van der Waals surface area contributed by atoms with Crippen molar-refractivity contribution in [3.05, 3.63) is 69.8 Å². The van der Waals surface area contributed by atoms with Crippen molar-refractivity contribution in [2.45, 2.75) is 6.92 Å². The number of hydrogen-bond donors (Lipinski definition) is 1. The third-order valence-electron chi connectivity index (χ3n) is 4.83. The quantitative estimate of drug-likeness (QED) is 0.418. The summed E-state index contributed by atoms with van der Waals surface area (Å²) in [6.07, 6.45) is 1.36. The molecule has 2 heterocycles. The lowest BCUT2D eigenvalue weighted by Crippen LogP contribution is -2.22. The molecule has 0 saturated heterocycles. The number of halogens is 2. The zero-order valence-corrected chi connectivity index (χ0v) is 19.1. The number of ether oxygens (including phenoxy) is 2. The first-order chi connectivity index (χ1) is 15.9. The molecule has 1 N–H and O–H groups in total. The van der Waals surface area contributed by atoms with E-state index in [-0.39, 0.29) is 23.0 Å². The van der Waals surface area contributed by atoms with Gasteiger partial charge in [-0.2, -0.15) is 15.0 Å². The highest BCUT2D eigenvalue weighted by Crippen LogP contribution is 2.30. The normalized spacial score (nSPS) is 10.6. The highest BCUT2D eigenvalue weighted by molar-refractivity contribution is 6.35. The smallest absolute Gasteiger partial charge is 0.263 e. The molecule has 4 rings (SSSR count). The van der Waals surface area contributed by atoms with Crippen LogP contribution in [0.1, 0.15) is 11.1 Å². The van der Waals surface area contributed by atoms with E-state index < -0.39 is 5.91 Å². The van der Waals surface area contributed by atoms with Gasteiger partial charge in [-0.15, -0.1) is 0 Å². The standard InChI is InChI=1S/C23H17Cl2N5O3/c1-13-8-20(28-22-16(13)4-3-5-19(22)32-2)30-23(14(10-26)11-27-30)29-21(31)12-33-18-7-6-15(24)9-17(18)25/h3-9,11H,12H2,1-2H3,(H,29,31). The first-order valence-corrected chi connectivity index (χ1v) is 10.5. The molecule has 166 valence electrons. The Bertz CT molecular complexity index is 1410. The summed E-state index contributed by atoms with van der Waals surface area (Å²) in [6, 6.07) is 14.2. The van der Waals surface area contributed by atoms with Crippen molar-refractivity contribution in [2.75, 3.05) is 19.0 Å². The van der Waals surface area contributed by atoms with Gasteiger partial charge in [0, 0.05) is 10.4 Å². The molecular weight excluding hydrogens is 465 g/mol. The van der Waals surface area contributed by atoms with Gasteiger partial charge in [0.25, 0.3) is 5.91 Å². The highest BCUT2D eigenvalue weighted by atomic mass is 35.5. The molecule has 0 aliphatic rings. The zero-order chi connectivity index (χ0) is 23.5. The molecule has 1 amide bonds. The van der Waals surface area contributed by atoms with Crippen molar-refractivity contribution in [1.29, 1.82) is 5.26 Å². The number of nitriles is 1. The van der Waals surface area contributed by atoms with Crippen molar-refractivity contribution in [2.24, 2.45) is 0 Å². The average Bonchev–Trinajstić information content (AvgIpc) is 3.20. The number of benzene rings is 2. The first-order valence-electron chi connectivity index (χ1n) is 9.72. The zero-order valence-electron chi connectivity index (χ0n) is 17.6. The van der Waals surface area contributed by atoms with Gasteiger partial charge < -0.3 is 14.8 Å². The van der Waals surface area contributed by atoms with Crippen LogP contribution in [0.4, 0.5) is 5.82 Å². The Morgan fingerprint density at radius 1 is 1.21 bits per heavy atom. The van der Waals surface area contributed by atoms with E-state index in [0.29, 0.717) is 27.9 Å². The predicted octanol–water partition coefficient (Wildman–Crippen LogP) is 4.93. The number of carbonyl (C=O) groups excluding carboxylic acids is 1. The molecule has 0 saturated carbocycles. The minimum absolute atomic E-state index is 0.174. The second-order valence-corrected chi connectivity index (χ2v) is 7.84. The summed E-state index contributed by atoms with van der Waals surface area (Å²) in [7, 11) is 1.57. The molecule has 0 atom stereocenters. The van der Waals surface area contributed by atoms with E-state index in [9.17, 15) is 10.1 Å². The van der Waals surface area contributed by atoms with E-state index in [0.717, 1.165) is 10.9 Å². The number of nitrogens with zero attached hydrogens (tertiary/aromatic N) is 4. The number of rotatable bonds is 6. The molecular formula is C23H17Cl2N5O3. The first kappa shape index (κ1) is 22.4. The Balaban J connectivity index is 1.64. The average molecular weight is 482 g/mol. The lowest BCUT2D eigenvalue weighted by molar-refractivity contribution is -0.118. The predicted molar refractivity (Wildman–Crippen MR) is 125 cm³/mol. The molecule has 8 nitrogen and oxygen atoms in total. The van der Waals surface area contributed by atoms with Crippen LogP contribution in [-0.2, 0) is 4.79 Å². The van der Waals surface area contributed by atoms with E-state index in [4.69, 9.17) is 32.7 Å². The molecule has 0 fully saturated rings. The van der Waals surface area contributed by atoms with E-state index in [1.54, 1.807) is 19.2 Å². The van der Waals surface area contributed by atoms with Crippen LogP contribution in [0, 0.1) is 18.3 Å². The minimum atomic E-state index is -0.505. The second-order valence-electron chi connectivity index (χ2n) is 7.00. The van der Waals surface area contributed by atoms with Gasteiger partial charge in [-0.3, -0.25) is 4.79 Å². The van der Waals surface area contributed by atoms with Crippen LogP contribution in [-0.4, -0.2) is 34.4 Å². The molecule has 0 bridgehead atoms. The van der Waals surface area contributed by atoms with Crippen molar-refractivity contribution >= 4 is 45.8 Å². The van der Waals surface area contributed by atoms with E-state index >= 15 is 0 Å². The Labute approximate surface area is 199 Å². The molecule has 10 heteroatoms. The van der Waals surface area contributed by atoms with Gasteiger partial charge in [0.2, 0.25) is 0 Å². The summed E-state index contributed by atoms with van der Waals surface area (Å²) < 4.78 is 12.3. The Hall–Kier alpha value is -3.80. The Kier molecular flexibility index (Phi) is 6.36. The number of hydrogen-bond acceptors (Lipinski definition) is 6. The van der Waals surface area contributed by atoms with Gasteiger partial charge in [-0.1, -0.05) is 35.3 Å². The number of nitrogens with one attached hydrogen (secondary N) is 1. The molecule has 0 radical (unpaired) electrons. The van der Waals surface area contributed by atoms with Crippen LogP contribution in [0.25, 0.3) is 16.7 Å². The molecule has 0 spiro atoms. The fourth-order valence-corrected chi connectivity index (χ4v) is 3.74. The van der Waals surface area contributed by atoms with Gasteiger partial charge >= 0.3 is 0 Å². The maximum absolute atomic E-state index is 12.6. The van der Waals surface area contributed by atoms with E-state index in [2.05, 4.69) is 15.4 Å². The van der Waals surface area contributed by atoms with Gasteiger partial charge in [0.05, 0.1) is 18.3 Å². The second kappa shape index (κ2) is 9.36. The Morgan fingerprint density at radius 2 is 2.03 bits per heavy atom. The van der Waals surface area contributed by atoms with Crippen molar-refractivity contribution < 1.29 is 14.3 Å². The minimum Gasteiger partial charge on any atom is -0.494 e. The number of aryl methyl sites for hydroxylation is 1. The molecule has 0 unspecified atom stereocenters. The number of fused-ring (bicyclic) bond motifs is 1. The molecule has 33 heavy (non-hydrogen) atoms. The van der Waals surface area contributed by atoms with Crippen molar-refractivity contribution in [1.82, 2.24) is 14.8 Å². The highest BCUT2D eigenvalue weighted by Gasteiger charge is 2.18. The molecule has 2 aromatic heterocycles.